The zero-order valence-electron chi connectivity index (χ0n) is 9.29. The van der Waals surface area contributed by atoms with E-state index in [4.69, 9.17) is 9.15 Å². The zero-order chi connectivity index (χ0) is 11.5. The number of hydrogen-bond donors (Lipinski definition) is 1. The fourth-order valence-corrected chi connectivity index (χ4v) is 2.19. The van der Waals surface area contributed by atoms with Crippen molar-refractivity contribution in [3.05, 3.63) is 22.6 Å². The summed E-state index contributed by atoms with van der Waals surface area (Å²) in [5.41, 5.74) is -0.569. The molecule has 0 saturated heterocycles. The summed E-state index contributed by atoms with van der Waals surface area (Å²) in [6, 6.07) is 1.77. The number of furan rings is 1. The summed E-state index contributed by atoms with van der Waals surface area (Å²) in [4.78, 5) is 0. The Kier molecular flexibility index (Phi) is 4.37. The van der Waals surface area contributed by atoms with E-state index in [0.29, 0.717) is 5.76 Å². The van der Waals surface area contributed by atoms with Gasteiger partial charge in [-0.15, -0.1) is 0 Å². The van der Waals surface area contributed by atoms with E-state index in [1.165, 1.54) is 0 Å². The molecule has 1 aromatic heterocycles. The third-order valence-corrected chi connectivity index (χ3v) is 3.65. The van der Waals surface area contributed by atoms with Gasteiger partial charge in [0.05, 0.1) is 10.7 Å². The van der Waals surface area contributed by atoms with Gasteiger partial charge in [-0.25, -0.2) is 0 Å². The van der Waals surface area contributed by atoms with Gasteiger partial charge < -0.3 is 14.3 Å². The van der Waals surface area contributed by atoms with Crippen molar-refractivity contribution in [1.29, 1.82) is 0 Å². The molecule has 0 radical (unpaired) electrons. The molecule has 86 valence electrons. The van der Waals surface area contributed by atoms with E-state index in [0.717, 1.165) is 17.3 Å². The van der Waals surface area contributed by atoms with Crippen molar-refractivity contribution < 1.29 is 14.3 Å². The first kappa shape index (κ1) is 12.7. The first-order valence-electron chi connectivity index (χ1n) is 5.07. The molecule has 1 N–H and O–H groups in total. The second kappa shape index (κ2) is 5.14. The highest BCUT2D eigenvalue weighted by Crippen LogP contribution is 2.38. The Hall–Kier alpha value is -0.320. The predicted molar refractivity (Wildman–Crippen MR) is 61.7 cm³/mol. The molecule has 1 rings (SSSR count). The monoisotopic (exact) mass is 276 g/mol. The molecule has 4 heteroatoms. The van der Waals surface area contributed by atoms with Crippen molar-refractivity contribution in [2.75, 3.05) is 7.11 Å². The predicted octanol–water partition coefficient (Wildman–Crippen LogP) is 3.28. The first-order chi connectivity index (χ1) is 7.11. The van der Waals surface area contributed by atoms with E-state index in [2.05, 4.69) is 15.9 Å². The molecule has 1 atom stereocenters. The van der Waals surface area contributed by atoms with Crippen molar-refractivity contribution in [3.8, 4) is 0 Å². The number of aliphatic hydroxyl groups excluding tert-OH is 1. The van der Waals surface area contributed by atoms with Crippen molar-refractivity contribution >= 4 is 15.9 Å². The standard InChI is InChI=1S/C11H17BrO3/c1-4-11(5-2,14-3)10(13)9-8(12)6-7-15-9/h6-7,10,13H,4-5H2,1-3H3. The molecular formula is C11H17BrO3. The molecule has 0 aliphatic heterocycles. The maximum atomic E-state index is 10.3. The highest BCUT2D eigenvalue weighted by Gasteiger charge is 2.38. The highest BCUT2D eigenvalue weighted by atomic mass is 79.9. The zero-order valence-corrected chi connectivity index (χ0v) is 10.9. The Balaban J connectivity index is 3.00. The Morgan fingerprint density at radius 1 is 1.53 bits per heavy atom. The van der Waals surface area contributed by atoms with Crippen LogP contribution in [0.1, 0.15) is 38.6 Å². The minimum absolute atomic E-state index is 0.528. The second-order valence-electron chi connectivity index (χ2n) is 3.51. The minimum Gasteiger partial charge on any atom is -0.465 e. The summed E-state index contributed by atoms with van der Waals surface area (Å²) in [6.45, 7) is 3.99. The van der Waals surface area contributed by atoms with Crippen molar-refractivity contribution in [1.82, 2.24) is 0 Å². The van der Waals surface area contributed by atoms with Crippen LogP contribution in [0.3, 0.4) is 0 Å². The largest absolute Gasteiger partial charge is 0.465 e. The van der Waals surface area contributed by atoms with Crippen LogP contribution < -0.4 is 0 Å². The molecule has 1 heterocycles. The van der Waals surface area contributed by atoms with Crippen LogP contribution in [0.2, 0.25) is 0 Å². The molecule has 0 aliphatic carbocycles. The van der Waals surface area contributed by atoms with Gasteiger partial charge in [0.2, 0.25) is 0 Å². The average Bonchev–Trinajstić information content (AvgIpc) is 2.67. The van der Waals surface area contributed by atoms with Gasteiger partial charge in [-0.3, -0.25) is 0 Å². The topological polar surface area (TPSA) is 42.6 Å². The number of halogens is 1. The third kappa shape index (κ3) is 2.27. The Labute approximate surface area is 98.6 Å². The van der Waals surface area contributed by atoms with E-state index in [1.54, 1.807) is 19.4 Å². The van der Waals surface area contributed by atoms with Gasteiger partial charge in [0, 0.05) is 7.11 Å². The van der Waals surface area contributed by atoms with Crippen LogP contribution in [0.15, 0.2) is 21.2 Å². The van der Waals surface area contributed by atoms with Crippen LogP contribution in [0.25, 0.3) is 0 Å². The van der Waals surface area contributed by atoms with E-state index >= 15 is 0 Å². The van der Waals surface area contributed by atoms with Crippen LogP contribution in [-0.4, -0.2) is 17.8 Å². The van der Waals surface area contributed by atoms with Crippen LogP contribution in [0.4, 0.5) is 0 Å². The van der Waals surface area contributed by atoms with Gasteiger partial charge in [0.25, 0.3) is 0 Å². The van der Waals surface area contributed by atoms with Gasteiger partial charge in [-0.05, 0) is 34.8 Å². The van der Waals surface area contributed by atoms with Gasteiger partial charge in [0.1, 0.15) is 17.5 Å². The second-order valence-corrected chi connectivity index (χ2v) is 4.37. The molecule has 0 saturated carbocycles. The molecule has 1 unspecified atom stereocenters. The molecule has 0 fully saturated rings. The third-order valence-electron chi connectivity index (χ3n) is 2.99. The summed E-state index contributed by atoms with van der Waals surface area (Å²) >= 11 is 3.34. The number of methoxy groups -OCH3 is 1. The number of hydrogen-bond acceptors (Lipinski definition) is 3. The van der Waals surface area contributed by atoms with Gasteiger partial charge in [-0.2, -0.15) is 0 Å². The average molecular weight is 277 g/mol. The highest BCUT2D eigenvalue weighted by molar-refractivity contribution is 9.10. The molecule has 3 nitrogen and oxygen atoms in total. The van der Waals surface area contributed by atoms with E-state index < -0.39 is 11.7 Å². The van der Waals surface area contributed by atoms with Crippen LogP contribution in [-0.2, 0) is 4.74 Å². The number of rotatable bonds is 5. The van der Waals surface area contributed by atoms with Crippen molar-refractivity contribution in [3.63, 3.8) is 0 Å². The van der Waals surface area contributed by atoms with Gasteiger partial charge >= 0.3 is 0 Å². The summed E-state index contributed by atoms with van der Waals surface area (Å²) in [5, 5.41) is 10.3. The maximum Gasteiger partial charge on any atom is 0.149 e. The van der Waals surface area contributed by atoms with Crippen molar-refractivity contribution in [2.24, 2.45) is 0 Å². The van der Waals surface area contributed by atoms with Gasteiger partial charge in [0.15, 0.2) is 0 Å². The lowest BCUT2D eigenvalue weighted by Gasteiger charge is -2.34. The number of ether oxygens (including phenoxy) is 1. The minimum atomic E-state index is -0.748. The molecule has 0 aromatic carbocycles. The lowest BCUT2D eigenvalue weighted by Crippen LogP contribution is -2.37. The fourth-order valence-electron chi connectivity index (χ4n) is 1.78. The smallest absolute Gasteiger partial charge is 0.149 e. The van der Waals surface area contributed by atoms with E-state index in [-0.39, 0.29) is 0 Å². The Morgan fingerprint density at radius 2 is 2.13 bits per heavy atom. The quantitative estimate of drug-likeness (QED) is 0.898. The molecule has 15 heavy (non-hydrogen) atoms. The van der Waals surface area contributed by atoms with Crippen LogP contribution in [0, 0.1) is 0 Å². The lowest BCUT2D eigenvalue weighted by atomic mass is 9.89. The van der Waals surface area contributed by atoms with Crippen LogP contribution >= 0.6 is 15.9 Å². The summed E-state index contributed by atoms with van der Waals surface area (Å²) in [5.74, 6) is 0.528. The summed E-state index contributed by atoms with van der Waals surface area (Å²) in [7, 11) is 1.62. The molecular weight excluding hydrogens is 260 g/mol. The fraction of sp³-hybridized carbons (Fsp3) is 0.636. The number of aliphatic hydroxyl groups is 1. The molecule has 1 aromatic rings. The Morgan fingerprint density at radius 3 is 2.47 bits per heavy atom. The van der Waals surface area contributed by atoms with Crippen molar-refractivity contribution in [2.45, 2.75) is 38.4 Å². The SMILES string of the molecule is CCC(CC)(OC)C(O)c1occc1Br. The van der Waals surface area contributed by atoms with Crippen LogP contribution in [0.5, 0.6) is 0 Å². The normalized spacial score (nSPS) is 14.2. The summed E-state index contributed by atoms with van der Waals surface area (Å²) < 4.78 is 11.5. The maximum absolute atomic E-state index is 10.3. The Bertz CT molecular complexity index is 296. The molecule has 0 amide bonds. The van der Waals surface area contributed by atoms with Gasteiger partial charge in [-0.1, -0.05) is 13.8 Å². The molecule has 0 bridgehead atoms. The summed E-state index contributed by atoms with van der Waals surface area (Å²) in [6.07, 6.45) is 2.26. The first-order valence-corrected chi connectivity index (χ1v) is 5.86. The van der Waals surface area contributed by atoms with E-state index in [1.807, 2.05) is 13.8 Å². The molecule has 0 aliphatic rings. The van der Waals surface area contributed by atoms with E-state index in [9.17, 15) is 5.11 Å². The lowest BCUT2D eigenvalue weighted by molar-refractivity contribution is -0.117. The molecule has 0 spiro atoms.